The molecular weight excluding hydrogens is 372 g/mol. The number of Topliss-reactive ketones (excluding diaryl/α,β-unsaturated/α-hetero) is 1. The quantitative estimate of drug-likeness (QED) is 0.359. The number of ether oxygens (including phenoxy) is 3. The van der Waals surface area contributed by atoms with Crippen molar-refractivity contribution in [1.29, 1.82) is 0 Å². The predicted octanol–water partition coefficient (Wildman–Crippen LogP) is 4.68. The molecule has 2 heterocycles. The normalized spacial score (nSPS) is 14.1. The summed E-state index contributed by atoms with van der Waals surface area (Å²) in [5, 5.41) is 0. The van der Waals surface area contributed by atoms with Crippen molar-refractivity contribution in [3.05, 3.63) is 95.7 Å². The topological polar surface area (TPSA) is 75.0 Å². The number of ketones is 1. The average molecular weight is 388 g/mol. The summed E-state index contributed by atoms with van der Waals surface area (Å²) in [7, 11) is 1.60. The van der Waals surface area contributed by atoms with Gasteiger partial charge in [0.2, 0.25) is 11.5 Å². The van der Waals surface area contributed by atoms with Crippen LogP contribution in [0.5, 0.6) is 17.2 Å². The van der Waals surface area contributed by atoms with Crippen molar-refractivity contribution in [3.8, 4) is 17.2 Å². The molecule has 4 rings (SSSR count). The second-order valence-electron chi connectivity index (χ2n) is 6.09. The lowest BCUT2D eigenvalue weighted by molar-refractivity contribution is 0.0701. The van der Waals surface area contributed by atoms with Gasteiger partial charge in [0, 0.05) is 11.6 Å². The molecule has 6 nitrogen and oxygen atoms in total. The number of hydrogen-bond acceptors (Lipinski definition) is 6. The summed E-state index contributed by atoms with van der Waals surface area (Å²) in [5.74, 6) is 0.709. The molecule has 0 N–H and O–H groups in total. The van der Waals surface area contributed by atoms with Gasteiger partial charge in [0.1, 0.15) is 17.2 Å². The first kappa shape index (κ1) is 18.3. The molecule has 0 saturated heterocycles. The van der Waals surface area contributed by atoms with Gasteiger partial charge in [0.15, 0.2) is 5.76 Å². The molecule has 0 saturated carbocycles. The molecule has 0 spiro atoms. The van der Waals surface area contributed by atoms with E-state index < -0.39 is 5.97 Å². The molecule has 0 bridgehead atoms. The van der Waals surface area contributed by atoms with Crippen LogP contribution in [0.1, 0.15) is 26.5 Å². The minimum absolute atomic E-state index is 0.0876. The second kappa shape index (κ2) is 7.90. The molecule has 0 amide bonds. The Kier molecular flexibility index (Phi) is 4.99. The summed E-state index contributed by atoms with van der Waals surface area (Å²) >= 11 is 0. The van der Waals surface area contributed by atoms with Crippen LogP contribution in [-0.2, 0) is 0 Å². The van der Waals surface area contributed by atoms with Crippen molar-refractivity contribution in [1.82, 2.24) is 0 Å². The molecule has 6 heteroatoms. The van der Waals surface area contributed by atoms with Gasteiger partial charge in [0.05, 0.1) is 18.9 Å². The van der Waals surface area contributed by atoms with Gasteiger partial charge >= 0.3 is 5.97 Å². The highest BCUT2D eigenvalue weighted by molar-refractivity contribution is 6.12. The van der Waals surface area contributed by atoms with Crippen LogP contribution < -0.4 is 14.2 Å². The minimum atomic E-state index is -0.630. The van der Waals surface area contributed by atoms with E-state index in [1.54, 1.807) is 31.4 Å². The maximum atomic E-state index is 12.5. The van der Waals surface area contributed by atoms with Crippen LogP contribution in [0.15, 0.2) is 83.2 Å². The summed E-state index contributed by atoms with van der Waals surface area (Å²) in [5.41, 5.74) is 1.28. The number of esters is 1. The van der Waals surface area contributed by atoms with E-state index in [1.165, 1.54) is 24.5 Å². The van der Waals surface area contributed by atoms with E-state index in [0.29, 0.717) is 11.3 Å². The summed E-state index contributed by atoms with van der Waals surface area (Å²) in [6, 6.07) is 15.2. The standard InChI is InChI=1S/C23H16O6/c1-26-18-8-3-2-6-15(18)7-4-9-19-22(24)17-12-11-16(14-21(17)29-19)28-23(25)20-10-5-13-27-20/h2-14H,1H3/b7-4+,19-9-. The largest absolute Gasteiger partial charge is 0.496 e. The molecule has 2 aromatic carbocycles. The predicted molar refractivity (Wildman–Crippen MR) is 105 cm³/mol. The van der Waals surface area contributed by atoms with Gasteiger partial charge in [-0.15, -0.1) is 0 Å². The molecule has 0 aliphatic carbocycles. The van der Waals surface area contributed by atoms with Crippen molar-refractivity contribution in [3.63, 3.8) is 0 Å². The Labute approximate surface area is 166 Å². The van der Waals surface area contributed by atoms with Crippen LogP contribution in [0.2, 0.25) is 0 Å². The van der Waals surface area contributed by atoms with Gasteiger partial charge < -0.3 is 18.6 Å². The van der Waals surface area contributed by atoms with Crippen molar-refractivity contribution in [2.45, 2.75) is 0 Å². The van der Waals surface area contributed by atoms with E-state index in [0.717, 1.165) is 11.3 Å². The first-order chi connectivity index (χ1) is 14.2. The Bertz CT molecular complexity index is 1120. The van der Waals surface area contributed by atoms with Gasteiger partial charge in [-0.05, 0) is 36.4 Å². The first-order valence-electron chi connectivity index (χ1n) is 8.79. The molecule has 1 aliphatic rings. The van der Waals surface area contributed by atoms with Gasteiger partial charge in [-0.1, -0.05) is 30.4 Å². The van der Waals surface area contributed by atoms with E-state index in [2.05, 4.69) is 0 Å². The summed E-state index contributed by atoms with van der Waals surface area (Å²) < 4.78 is 21.2. The maximum absolute atomic E-state index is 12.5. The van der Waals surface area contributed by atoms with E-state index in [9.17, 15) is 9.59 Å². The summed E-state index contributed by atoms with van der Waals surface area (Å²) in [6.45, 7) is 0. The first-order valence-corrected chi connectivity index (χ1v) is 8.79. The van der Waals surface area contributed by atoms with Gasteiger partial charge in [0.25, 0.3) is 0 Å². The number of furan rings is 1. The van der Waals surface area contributed by atoms with Crippen molar-refractivity contribution >= 4 is 17.8 Å². The second-order valence-corrected chi connectivity index (χ2v) is 6.09. The third-order valence-electron chi connectivity index (χ3n) is 4.24. The molecule has 1 aromatic heterocycles. The van der Waals surface area contributed by atoms with E-state index in [1.807, 2.05) is 30.3 Å². The third kappa shape index (κ3) is 3.82. The van der Waals surface area contributed by atoms with Crippen LogP contribution in [0.3, 0.4) is 0 Å². The molecule has 144 valence electrons. The zero-order valence-electron chi connectivity index (χ0n) is 15.5. The fourth-order valence-electron chi connectivity index (χ4n) is 2.84. The molecule has 0 radical (unpaired) electrons. The number of rotatable bonds is 5. The SMILES string of the molecule is COc1ccccc1/C=C/C=C1\Oc2cc(OC(=O)c3ccco3)ccc2C1=O. The minimum Gasteiger partial charge on any atom is -0.496 e. The lowest BCUT2D eigenvalue weighted by Crippen LogP contribution is -2.07. The highest BCUT2D eigenvalue weighted by Gasteiger charge is 2.27. The van der Waals surface area contributed by atoms with Gasteiger partial charge in [-0.2, -0.15) is 0 Å². The number of carbonyl (C=O) groups is 2. The molecule has 29 heavy (non-hydrogen) atoms. The van der Waals surface area contributed by atoms with Gasteiger partial charge in [-0.25, -0.2) is 4.79 Å². The Balaban J connectivity index is 1.50. The van der Waals surface area contributed by atoms with Crippen molar-refractivity contribution in [2.75, 3.05) is 7.11 Å². The monoisotopic (exact) mass is 388 g/mol. The smallest absolute Gasteiger partial charge is 0.379 e. The zero-order chi connectivity index (χ0) is 20.2. The van der Waals surface area contributed by atoms with Crippen LogP contribution in [-0.4, -0.2) is 18.9 Å². The van der Waals surface area contributed by atoms with Crippen molar-refractivity contribution in [2.24, 2.45) is 0 Å². The molecular formula is C23H16O6. The number of methoxy groups -OCH3 is 1. The Morgan fingerprint density at radius 2 is 1.93 bits per heavy atom. The number of carbonyl (C=O) groups excluding carboxylic acids is 2. The molecule has 0 unspecified atom stereocenters. The van der Waals surface area contributed by atoms with E-state index in [-0.39, 0.29) is 23.1 Å². The summed E-state index contributed by atoms with van der Waals surface area (Å²) in [6.07, 6.45) is 6.51. The average Bonchev–Trinajstić information content (AvgIpc) is 3.37. The number of para-hydroxylation sites is 1. The Morgan fingerprint density at radius 1 is 1.07 bits per heavy atom. The fraction of sp³-hybridized carbons (Fsp3) is 0.0435. The van der Waals surface area contributed by atoms with Crippen LogP contribution in [0.4, 0.5) is 0 Å². The molecule has 0 atom stereocenters. The highest BCUT2D eigenvalue weighted by atomic mass is 16.5. The molecule has 0 fully saturated rings. The van der Waals surface area contributed by atoms with E-state index >= 15 is 0 Å². The lowest BCUT2D eigenvalue weighted by Gasteiger charge is -2.04. The van der Waals surface area contributed by atoms with Crippen LogP contribution in [0.25, 0.3) is 6.08 Å². The number of allylic oxidation sites excluding steroid dienone is 3. The molecule has 3 aromatic rings. The maximum Gasteiger partial charge on any atom is 0.379 e. The highest BCUT2D eigenvalue weighted by Crippen LogP contribution is 2.34. The zero-order valence-corrected chi connectivity index (χ0v) is 15.5. The van der Waals surface area contributed by atoms with Crippen LogP contribution in [0, 0.1) is 0 Å². The number of hydrogen-bond donors (Lipinski definition) is 0. The Morgan fingerprint density at radius 3 is 2.72 bits per heavy atom. The summed E-state index contributed by atoms with van der Waals surface area (Å²) in [4.78, 5) is 24.5. The lowest BCUT2D eigenvalue weighted by atomic mass is 10.1. The van der Waals surface area contributed by atoms with Crippen molar-refractivity contribution < 1.29 is 28.2 Å². The number of fused-ring (bicyclic) bond motifs is 1. The third-order valence-corrected chi connectivity index (χ3v) is 4.24. The van der Waals surface area contributed by atoms with E-state index in [4.69, 9.17) is 18.6 Å². The van der Waals surface area contributed by atoms with Crippen LogP contribution >= 0.6 is 0 Å². The van der Waals surface area contributed by atoms with Gasteiger partial charge in [-0.3, -0.25) is 4.79 Å². The Hall–Kier alpha value is -4.06. The fourth-order valence-corrected chi connectivity index (χ4v) is 2.84. The number of benzene rings is 2. The molecule has 1 aliphatic heterocycles.